The summed E-state index contributed by atoms with van der Waals surface area (Å²) in [5.74, 6) is -0.243. The fraction of sp³-hybridized carbons (Fsp3) is 0.545. The Labute approximate surface area is 162 Å². The van der Waals surface area contributed by atoms with Gasteiger partial charge in [-0.1, -0.05) is 43.5 Å². The molecule has 0 unspecified atom stereocenters. The fourth-order valence-electron chi connectivity index (χ4n) is 3.95. The van der Waals surface area contributed by atoms with Crippen LogP contribution in [0.3, 0.4) is 0 Å². The van der Waals surface area contributed by atoms with E-state index in [0.717, 1.165) is 62.1 Å². The summed E-state index contributed by atoms with van der Waals surface area (Å²) in [5, 5.41) is 0. The standard InChI is InChI=1S/C22H31N3O2/c1-5-6-7-10-25-21(26)19(18-9-8-16(2)15-17(18)3)20(22(25)27)24-13-11-23(4)12-14-24/h8-9,15H,5-7,10-14H2,1-4H3. The quantitative estimate of drug-likeness (QED) is 0.571. The number of hydrogen-bond donors (Lipinski definition) is 0. The predicted octanol–water partition coefficient (Wildman–Crippen LogP) is 2.82. The molecule has 2 amide bonds. The zero-order chi connectivity index (χ0) is 19.6. The zero-order valence-electron chi connectivity index (χ0n) is 17.0. The van der Waals surface area contributed by atoms with Crippen LogP contribution in [0.4, 0.5) is 0 Å². The second-order valence-corrected chi connectivity index (χ2v) is 7.80. The maximum Gasteiger partial charge on any atom is 0.277 e. The Hall–Kier alpha value is -2.14. The van der Waals surface area contributed by atoms with Crippen LogP contribution in [0.25, 0.3) is 5.57 Å². The van der Waals surface area contributed by atoms with Gasteiger partial charge < -0.3 is 9.80 Å². The molecule has 0 saturated carbocycles. The first kappa shape index (κ1) is 19.6. The molecule has 5 heteroatoms. The Morgan fingerprint density at radius 3 is 2.30 bits per heavy atom. The van der Waals surface area contributed by atoms with Crippen molar-refractivity contribution in [2.24, 2.45) is 0 Å². The summed E-state index contributed by atoms with van der Waals surface area (Å²) in [5.41, 5.74) is 4.31. The van der Waals surface area contributed by atoms with Gasteiger partial charge in [-0.2, -0.15) is 0 Å². The Morgan fingerprint density at radius 2 is 1.67 bits per heavy atom. The van der Waals surface area contributed by atoms with Crippen molar-refractivity contribution in [2.75, 3.05) is 39.8 Å². The Kier molecular flexibility index (Phi) is 6.00. The molecule has 1 saturated heterocycles. The van der Waals surface area contributed by atoms with E-state index in [1.807, 2.05) is 26.0 Å². The number of piperazine rings is 1. The number of nitrogens with zero attached hydrogens (tertiary/aromatic N) is 3. The summed E-state index contributed by atoms with van der Waals surface area (Å²) < 4.78 is 0. The summed E-state index contributed by atoms with van der Waals surface area (Å²) in [4.78, 5) is 32.4. The summed E-state index contributed by atoms with van der Waals surface area (Å²) in [7, 11) is 2.09. The van der Waals surface area contributed by atoms with Crippen LogP contribution in [-0.4, -0.2) is 66.3 Å². The number of likely N-dealkylation sites (N-methyl/N-ethyl adjacent to an activating group) is 1. The topological polar surface area (TPSA) is 43.9 Å². The molecule has 5 nitrogen and oxygen atoms in total. The van der Waals surface area contributed by atoms with Crippen molar-refractivity contribution >= 4 is 17.4 Å². The summed E-state index contributed by atoms with van der Waals surface area (Å²) >= 11 is 0. The van der Waals surface area contributed by atoms with Crippen LogP contribution >= 0.6 is 0 Å². The van der Waals surface area contributed by atoms with Gasteiger partial charge in [0, 0.05) is 32.7 Å². The molecule has 0 radical (unpaired) electrons. The molecule has 1 aromatic carbocycles. The molecule has 0 aliphatic carbocycles. The van der Waals surface area contributed by atoms with E-state index in [1.165, 1.54) is 4.90 Å². The van der Waals surface area contributed by atoms with Crippen LogP contribution in [0.15, 0.2) is 23.9 Å². The van der Waals surface area contributed by atoms with Crippen LogP contribution in [-0.2, 0) is 9.59 Å². The van der Waals surface area contributed by atoms with Gasteiger partial charge in [-0.15, -0.1) is 0 Å². The van der Waals surface area contributed by atoms with Crippen molar-refractivity contribution in [3.63, 3.8) is 0 Å². The first-order valence-corrected chi connectivity index (χ1v) is 10.1. The number of amides is 2. The van der Waals surface area contributed by atoms with Gasteiger partial charge in [0.1, 0.15) is 5.70 Å². The molecule has 0 aromatic heterocycles. The van der Waals surface area contributed by atoms with Crippen LogP contribution in [0.1, 0.15) is 42.9 Å². The van der Waals surface area contributed by atoms with Crippen molar-refractivity contribution in [1.29, 1.82) is 0 Å². The average Bonchev–Trinajstić information content (AvgIpc) is 2.87. The summed E-state index contributed by atoms with van der Waals surface area (Å²) in [6.45, 7) is 10.1. The second kappa shape index (κ2) is 8.26. The molecule has 146 valence electrons. The Morgan fingerprint density at radius 1 is 0.963 bits per heavy atom. The Bertz CT molecular complexity index is 761. The molecule has 1 aromatic rings. The molecule has 1 fully saturated rings. The third kappa shape index (κ3) is 3.93. The number of carbonyl (C=O) groups excluding carboxylic acids is 2. The minimum absolute atomic E-state index is 0.115. The minimum Gasteiger partial charge on any atom is -0.364 e. The van der Waals surface area contributed by atoms with Gasteiger partial charge in [-0.3, -0.25) is 14.5 Å². The van der Waals surface area contributed by atoms with Crippen molar-refractivity contribution < 1.29 is 9.59 Å². The van der Waals surface area contributed by atoms with E-state index in [1.54, 1.807) is 0 Å². The lowest BCUT2D eigenvalue weighted by atomic mass is 9.97. The number of carbonyl (C=O) groups is 2. The van der Waals surface area contributed by atoms with E-state index in [2.05, 4.69) is 29.8 Å². The largest absolute Gasteiger partial charge is 0.364 e. The molecule has 0 atom stereocenters. The molecule has 0 N–H and O–H groups in total. The van der Waals surface area contributed by atoms with E-state index in [0.29, 0.717) is 17.8 Å². The lowest BCUT2D eigenvalue weighted by molar-refractivity contribution is -0.137. The van der Waals surface area contributed by atoms with E-state index in [9.17, 15) is 9.59 Å². The van der Waals surface area contributed by atoms with Gasteiger partial charge in [0.05, 0.1) is 5.57 Å². The highest BCUT2D eigenvalue weighted by Gasteiger charge is 2.42. The maximum atomic E-state index is 13.3. The van der Waals surface area contributed by atoms with E-state index < -0.39 is 0 Å². The molecule has 2 aliphatic rings. The molecule has 0 spiro atoms. The van der Waals surface area contributed by atoms with Gasteiger partial charge >= 0.3 is 0 Å². The minimum atomic E-state index is -0.128. The van der Waals surface area contributed by atoms with Crippen molar-refractivity contribution in [3.8, 4) is 0 Å². The van der Waals surface area contributed by atoms with E-state index in [4.69, 9.17) is 0 Å². The third-order valence-corrected chi connectivity index (χ3v) is 5.60. The number of benzene rings is 1. The van der Waals surface area contributed by atoms with Crippen LogP contribution in [0.2, 0.25) is 0 Å². The van der Waals surface area contributed by atoms with Gasteiger partial charge in [0.2, 0.25) is 0 Å². The Balaban J connectivity index is 2.00. The van der Waals surface area contributed by atoms with Gasteiger partial charge in [-0.25, -0.2) is 0 Å². The molecule has 0 bridgehead atoms. The molecule has 2 heterocycles. The number of imide groups is 1. The number of rotatable bonds is 6. The number of hydrogen-bond acceptors (Lipinski definition) is 4. The van der Waals surface area contributed by atoms with E-state index in [-0.39, 0.29) is 11.8 Å². The first-order chi connectivity index (χ1) is 12.9. The van der Waals surface area contributed by atoms with Crippen molar-refractivity contribution in [1.82, 2.24) is 14.7 Å². The van der Waals surface area contributed by atoms with Crippen LogP contribution in [0.5, 0.6) is 0 Å². The highest BCUT2D eigenvalue weighted by Crippen LogP contribution is 2.34. The lowest BCUT2D eigenvalue weighted by Gasteiger charge is -2.34. The van der Waals surface area contributed by atoms with E-state index >= 15 is 0 Å². The summed E-state index contributed by atoms with van der Waals surface area (Å²) in [6, 6.07) is 6.10. The molecule has 27 heavy (non-hydrogen) atoms. The van der Waals surface area contributed by atoms with Gasteiger partial charge in [0.15, 0.2) is 0 Å². The predicted molar refractivity (Wildman–Crippen MR) is 108 cm³/mol. The maximum absolute atomic E-state index is 13.3. The van der Waals surface area contributed by atoms with Crippen molar-refractivity contribution in [3.05, 3.63) is 40.6 Å². The van der Waals surface area contributed by atoms with Crippen LogP contribution in [0, 0.1) is 13.8 Å². The zero-order valence-corrected chi connectivity index (χ0v) is 17.0. The highest BCUT2D eigenvalue weighted by atomic mass is 16.2. The third-order valence-electron chi connectivity index (χ3n) is 5.60. The molecule has 3 rings (SSSR count). The van der Waals surface area contributed by atoms with Crippen molar-refractivity contribution in [2.45, 2.75) is 40.0 Å². The molecular weight excluding hydrogens is 338 g/mol. The lowest BCUT2D eigenvalue weighted by Crippen LogP contribution is -2.46. The smallest absolute Gasteiger partial charge is 0.277 e. The monoisotopic (exact) mass is 369 g/mol. The second-order valence-electron chi connectivity index (χ2n) is 7.80. The average molecular weight is 370 g/mol. The van der Waals surface area contributed by atoms with Gasteiger partial charge in [0.25, 0.3) is 11.8 Å². The first-order valence-electron chi connectivity index (χ1n) is 10.1. The molecule has 2 aliphatic heterocycles. The highest BCUT2D eigenvalue weighted by molar-refractivity contribution is 6.35. The van der Waals surface area contributed by atoms with Gasteiger partial charge in [-0.05, 0) is 38.4 Å². The van der Waals surface area contributed by atoms with Crippen LogP contribution < -0.4 is 0 Å². The summed E-state index contributed by atoms with van der Waals surface area (Å²) in [6.07, 6.45) is 2.96. The number of aryl methyl sites for hydroxylation is 2. The fourth-order valence-corrected chi connectivity index (χ4v) is 3.95. The normalized spacial score (nSPS) is 18.8. The number of unbranched alkanes of at least 4 members (excludes halogenated alkanes) is 2. The SMILES string of the molecule is CCCCCN1C(=O)C(c2ccc(C)cc2C)=C(N2CCN(C)CC2)C1=O. The molecular formula is C22H31N3O2.